The summed E-state index contributed by atoms with van der Waals surface area (Å²) in [5, 5.41) is 5.00. The fourth-order valence-electron chi connectivity index (χ4n) is 11.6. The lowest BCUT2D eigenvalue weighted by atomic mass is 9.78. The highest BCUT2D eigenvalue weighted by Crippen LogP contribution is 2.59. The number of hydrogen-bond acceptors (Lipinski definition) is 3. The second kappa shape index (κ2) is 16.6. The van der Waals surface area contributed by atoms with Crippen molar-refractivity contribution in [3.63, 3.8) is 0 Å². The van der Waals surface area contributed by atoms with Gasteiger partial charge in [-0.1, -0.05) is 188 Å². The number of fused-ring (bicyclic) bond motifs is 9. The van der Waals surface area contributed by atoms with Crippen LogP contribution in [-0.4, -0.2) is 4.57 Å². The Labute approximate surface area is 417 Å². The average molecular weight is 924 g/mol. The van der Waals surface area contributed by atoms with E-state index in [-0.39, 0.29) is 0 Å². The third-order valence-corrected chi connectivity index (χ3v) is 15.7. The molecule has 2 heterocycles. The number of thiophene rings is 1. The second-order valence-electron chi connectivity index (χ2n) is 18.4. The summed E-state index contributed by atoms with van der Waals surface area (Å²) >= 11 is 1.86. The number of para-hydroxylation sites is 3. The molecule has 0 saturated carbocycles. The minimum Gasteiger partial charge on any atom is -0.323 e. The Morgan fingerprint density at radius 2 is 0.873 bits per heavy atom. The first kappa shape index (κ1) is 41.1. The monoisotopic (exact) mass is 923 g/mol. The van der Waals surface area contributed by atoms with Crippen LogP contribution in [0.2, 0.25) is 0 Å². The molecule has 13 aromatic rings. The van der Waals surface area contributed by atoms with Crippen LogP contribution >= 0.6 is 11.3 Å². The van der Waals surface area contributed by atoms with Gasteiger partial charge in [0.15, 0.2) is 0 Å². The maximum atomic E-state index is 2.57. The largest absolute Gasteiger partial charge is 0.323 e. The molecule has 14 rings (SSSR count). The molecule has 11 aromatic carbocycles. The molecule has 334 valence electrons. The van der Waals surface area contributed by atoms with Gasteiger partial charge in [-0.2, -0.15) is 0 Å². The number of aromatic nitrogens is 1. The fourth-order valence-corrected chi connectivity index (χ4v) is 12.7. The normalized spacial score (nSPS) is 14.0. The number of nitrogens with zero attached hydrogens (tertiary/aromatic N) is 3. The molecule has 0 saturated heterocycles. The van der Waals surface area contributed by atoms with E-state index in [0.29, 0.717) is 0 Å². The molecule has 0 radical (unpaired) electrons. The summed E-state index contributed by atoms with van der Waals surface area (Å²) in [4.78, 5) is 5.05. The summed E-state index contributed by atoms with van der Waals surface area (Å²) in [6, 6.07) is 101. The predicted molar refractivity (Wildman–Crippen MR) is 301 cm³/mol. The van der Waals surface area contributed by atoms with Crippen molar-refractivity contribution in [1.29, 1.82) is 0 Å². The van der Waals surface area contributed by atoms with Gasteiger partial charge in [-0.05, 0) is 124 Å². The minimum absolute atomic E-state index is 0.757. The van der Waals surface area contributed by atoms with Gasteiger partial charge < -0.3 is 14.4 Å². The number of rotatable bonds is 9. The van der Waals surface area contributed by atoms with E-state index < -0.39 is 5.54 Å². The molecule has 4 heteroatoms. The Morgan fingerprint density at radius 1 is 0.324 bits per heavy atom. The average Bonchev–Trinajstić information content (AvgIpc) is 4.08. The lowest BCUT2D eigenvalue weighted by molar-refractivity contribution is 0.644. The zero-order valence-corrected chi connectivity index (χ0v) is 39.5. The van der Waals surface area contributed by atoms with Gasteiger partial charge in [-0.15, -0.1) is 11.3 Å². The zero-order valence-electron chi connectivity index (χ0n) is 38.7. The summed E-state index contributed by atoms with van der Waals surface area (Å²) in [5.74, 6) is 0. The van der Waals surface area contributed by atoms with E-state index in [9.17, 15) is 0 Å². The van der Waals surface area contributed by atoms with Crippen molar-refractivity contribution < 1.29 is 0 Å². The molecule has 0 bridgehead atoms. The Kier molecular flexibility index (Phi) is 9.61. The van der Waals surface area contributed by atoms with Crippen molar-refractivity contribution in [1.82, 2.24) is 4.57 Å². The lowest BCUT2D eigenvalue weighted by Crippen LogP contribution is -2.44. The van der Waals surface area contributed by atoms with E-state index in [1.165, 1.54) is 75.4 Å². The van der Waals surface area contributed by atoms with Gasteiger partial charge in [-0.3, -0.25) is 0 Å². The van der Waals surface area contributed by atoms with E-state index in [2.05, 4.69) is 287 Å². The topological polar surface area (TPSA) is 11.4 Å². The van der Waals surface area contributed by atoms with Gasteiger partial charge in [0.1, 0.15) is 5.54 Å². The summed E-state index contributed by atoms with van der Waals surface area (Å²) in [6.45, 7) is 0. The number of anilines is 5. The molecule has 71 heavy (non-hydrogen) atoms. The van der Waals surface area contributed by atoms with Gasteiger partial charge >= 0.3 is 0 Å². The highest BCUT2D eigenvalue weighted by Gasteiger charge is 2.50. The maximum absolute atomic E-state index is 2.57. The van der Waals surface area contributed by atoms with Crippen LogP contribution in [0.25, 0.3) is 69.9 Å². The summed E-state index contributed by atoms with van der Waals surface area (Å²) in [7, 11) is 0. The summed E-state index contributed by atoms with van der Waals surface area (Å²) in [5.41, 5.74) is 16.6. The van der Waals surface area contributed by atoms with Crippen molar-refractivity contribution in [2.24, 2.45) is 0 Å². The van der Waals surface area contributed by atoms with Crippen LogP contribution in [0.15, 0.2) is 273 Å². The van der Waals surface area contributed by atoms with Gasteiger partial charge in [0, 0.05) is 65.1 Å². The molecule has 0 N–H and O–H groups in total. The molecule has 0 fully saturated rings. The molecule has 3 nitrogen and oxygen atoms in total. The standard InChI is InChI=1S/C67H45N3S/c1-5-20-46(21-6-1)47-22-19-29-51(42-47)69-63-34-17-14-31-57(63)58-40-37-53(44-64(58)69)68(54-38-41-60-59-32-15-18-35-65(59)71-66(60)45-54)52-36-39-56-55-30-13-16-33-61(55)67(62(56)43-52,48-23-7-2-8-24-48)70(49-25-9-3-10-26-49)50-27-11-4-12-28-50/h1-45H. The Bertz CT molecular complexity index is 4080. The number of hydrogen-bond donors (Lipinski definition) is 0. The van der Waals surface area contributed by atoms with E-state index in [4.69, 9.17) is 0 Å². The van der Waals surface area contributed by atoms with Crippen molar-refractivity contribution in [2.45, 2.75) is 5.54 Å². The van der Waals surface area contributed by atoms with Gasteiger partial charge in [0.05, 0.1) is 11.0 Å². The van der Waals surface area contributed by atoms with Crippen LogP contribution in [0.3, 0.4) is 0 Å². The first-order valence-corrected chi connectivity index (χ1v) is 25.1. The SMILES string of the molecule is c1ccc(-c2cccc(-n3c4ccccc4c4ccc(N(c5ccc6c(c5)C(c5ccccc5)(N(c5ccccc5)c5ccccc5)c5ccccc5-6)c5ccc6c(c5)sc5ccccc56)cc43)c2)cc1. The zero-order chi connectivity index (χ0) is 46.9. The van der Waals surface area contributed by atoms with E-state index >= 15 is 0 Å². The molecule has 1 atom stereocenters. The maximum Gasteiger partial charge on any atom is 0.122 e. The Hall–Kier alpha value is -8.96. The summed E-state index contributed by atoms with van der Waals surface area (Å²) < 4.78 is 5.00. The van der Waals surface area contributed by atoms with E-state index in [0.717, 1.165) is 39.6 Å². The highest BCUT2D eigenvalue weighted by atomic mass is 32.1. The van der Waals surface area contributed by atoms with Crippen molar-refractivity contribution >= 4 is 81.8 Å². The van der Waals surface area contributed by atoms with Crippen LogP contribution in [0.1, 0.15) is 16.7 Å². The Balaban J connectivity index is 1.05. The van der Waals surface area contributed by atoms with E-state index in [1.807, 2.05) is 11.3 Å². The first-order chi connectivity index (χ1) is 35.2. The third-order valence-electron chi connectivity index (χ3n) is 14.6. The van der Waals surface area contributed by atoms with Crippen LogP contribution in [0, 0.1) is 0 Å². The summed E-state index contributed by atoms with van der Waals surface area (Å²) in [6.07, 6.45) is 0. The third kappa shape index (κ3) is 6.49. The molecule has 0 spiro atoms. The highest BCUT2D eigenvalue weighted by molar-refractivity contribution is 7.25. The van der Waals surface area contributed by atoms with Crippen LogP contribution in [0.5, 0.6) is 0 Å². The molecule has 1 aliphatic carbocycles. The van der Waals surface area contributed by atoms with Crippen molar-refractivity contribution in [3.05, 3.63) is 290 Å². The van der Waals surface area contributed by atoms with Crippen LogP contribution < -0.4 is 9.80 Å². The second-order valence-corrected chi connectivity index (χ2v) is 19.5. The van der Waals surface area contributed by atoms with Gasteiger partial charge in [0.2, 0.25) is 0 Å². The molecule has 0 aliphatic heterocycles. The van der Waals surface area contributed by atoms with Gasteiger partial charge in [0.25, 0.3) is 0 Å². The van der Waals surface area contributed by atoms with Crippen LogP contribution in [0.4, 0.5) is 28.4 Å². The minimum atomic E-state index is -0.757. The molecule has 1 aliphatic rings. The molecular formula is C67H45N3S. The van der Waals surface area contributed by atoms with Gasteiger partial charge in [-0.25, -0.2) is 0 Å². The van der Waals surface area contributed by atoms with Crippen molar-refractivity contribution in [2.75, 3.05) is 9.80 Å². The first-order valence-electron chi connectivity index (χ1n) is 24.3. The quantitative estimate of drug-likeness (QED) is 0.143. The Morgan fingerprint density at radius 3 is 1.65 bits per heavy atom. The molecule has 1 unspecified atom stereocenters. The lowest BCUT2D eigenvalue weighted by Gasteiger charge is -2.45. The predicted octanol–water partition coefficient (Wildman–Crippen LogP) is 18.4. The molecule has 2 aromatic heterocycles. The van der Waals surface area contributed by atoms with Crippen molar-refractivity contribution in [3.8, 4) is 27.9 Å². The smallest absolute Gasteiger partial charge is 0.122 e. The van der Waals surface area contributed by atoms with E-state index in [1.54, 1.807) is 0 Å². The van der Waals surface area contributed by atoms with Crippen LogP contribution in [-0.2, 0) is 5.54 Å². The molecule has 0 amide bonds. The fraction of sp³-hybridized carbons (Fsp3) is 0.0149. The number of benzene rings is 11. The molecular weight excluding hydrogens is 879 g/mol.